The van der Waals surface area contributed by atoms with Crippen molar-refractivity contribution < 1.29 is 33.4 Å². The Bertz CT molecular complexity index is 2650. The van der Waals surface area contributed by atoms with Gasteiger partial charge in [0.2, 0.25) is 23.6 Å². The largest absolute Gasteiger partial charge is 0.508 e. The maximum atomic E-state index is 14.8. The van der Waals surface area contributed by atoms with E-state index in [4.69, 9.17) is 16.3 Å². The number of ether oxygens (including phenoxy) is 1. The predicted molar refractivity (Wildman–Crippen MR) is 229 cm³/mol. The van der Waals surface area contributed by atoms with Gasteiger partial charge in [-0.2, -0.15) is 10.2 Å². The first-order chi connectivity index (χ1) is 29.3. The fourth-order valence-electron chi connectivity index (χ4n) is 9.68. The minimum absolute atomic E-state index is 0.0940. The van der Waals surface area contributed by atoms with Crippen LogP contribution in [-0.4, -0.2) is 42.8 Å². The number of carbonyl (C=O) groups excluding carboxylic acids is 4. The molecule has 0 aromatic heterocycles. The van der Waals surface area contributed by atoms with Crippen molar-refractivity contribution in [1.29, 1.82) is 0 Å². The number of aromatic hydroxyl groups is 1. The third-order valence-electron chi connectivity index (χ3n) is 12.8. The fraction of sp³-hybridized carbons (Fsp3) is 0.250. The van der Waals surface area contributed by atoms with Crippen LogP contribution in [0.5, 0.6) is 11.5 Å². The number of phenolic OH excluding ortho intramolecular Hbond substituents is 1. The normalized spacial score (nSPS) is 24.5. The molecule has 6 atom stereocenters. The summed E-state index contributed by atoms with van der Waals surface area (Å²) in [4.78, 5) is 62.5. The molecule has 11 nitrogen and oxygen atoms in total. The molecule has 0 radical (unpaired) electrons. The average molecular weight is 838 g/mol. The highest BCUT2D eigenvalue weighted by atomic mass is 35.5. The molecule has 0 bridgehead atoms. The van der Waals surface area contributed by atoms with Crippen molar-refractivity contribution in [1.82, 2.24) is 0 Å². The van der Waals surface area contributed by atoms with Gasteiger partial charge in [0.15, 0.2) is 0 Å². The van der Waals surface area contributed by atoms with Crippen LogP contribution in [0.2, 0.25) is 5.02 Å². The lowest BCUT2D eigenvalue weighted by molar-refractivity contribution is -0.131. The van der Waals surface area contributed by atoms with Gasteiger partial charge in [0.25, 0.3) is 0 Å². The van der Waals surface area contributed by atoms with Gasteiger partial charge in [-0.25, -0.2) is 9.29 Å². The van der Waals surface area contributed by atoms with E-state index in [1.807, 2.05) is 79.7 Å². The molecule has 2 saturated heterocycles. The van der Waals surface area contributed by atoms with E-state index in [1.54, 1.807) is 43.3 Å². The summed E-state index contributed by atoms with van der Waals surface area (Å²) < 4.78 is 20.3. The molecule has 4 amide bonds. The molecular weight excluding hydrogens is 797 g/mol. The molecule has 0 spiro atoms. The zero-order valence-electron chi connectivity index (χ0n) is 33.5. The summed E-state index contributed by atoms with van der Waals surface area (Å²) in [5, 5.41) is 20.2. The molecule has 5 aromatic rings. The van der Waals surface area contributed by atoms with Crippen LogP contribution in [0.25, 0.3) is 0 Å². The number of amides is 4. The molecule has 4 aliphatic rings. The molecule has 6 unspecified atom stereocenters. The molecule has 2 aliphatic heterocycles. The monoisotopic (exact) mass is 837 g/mol. The second-order valence-corrected chi connectivity index (χ2v) is 16.8. The molecular formula is C48H41ClFN5O6. The van der Waals surface area contributed by atoms with E-state index in [1.165, 1.54) is 23.1 Å². The Balaban J connectivity index is 1.05. The molecule has 2 heterocycles. The van der Waals surface area contributed by atoms with Crippen molar-refractivity contribution in [2.45, 2.75) is 32.3 Å². The second kappa shape index (κ2) is 15.4. The summed E-state index contributed by atoms with van der Waals surface area (Å²) in [7, 11) is 3.91. The average Bonchev–Trinajstić information content (AvgIpc) is 3.63. The number of imide groups is 2. The number of halogens is 2. The number of carbonyl (C=O) groups is 4. The van der Waals surface area contributed by atoms with Gasteiger partial charge in [-0.15, -0.1) is 0 Å². The number of allylic oxidation sites excluding steroid dienone is 2. The lowest BCUT2D eigenvalue weighted by Crippen LogP contribution is -2.48. The molecule has 308 valence electrons. The highest BCUT2D eigenvalue weighted by Gasteiger charge is 2.68. The van der Waals surface area contributed by atoms with Crippen LogP contribution >= 0.6 is 11.6 Å². The second-order valence-electron chi connectivity index (χ2n) is 16.4. The van der Waals surface area contributed by atoms with Gasteiger partial charge in [0, 0.05) is 37.3 Å². The van der Waals surface area contributed by atoms with E-state index in [2.05, 4.69) is 10.2 Å². The molecule has 2 aliphatic carbocycles. The van der Waals surface area contributed by atoms with Crippen LogP contribution in [0.1, 0.15) is 36.8 Å². The van der Waals surface area contributed by atoms with Gasteiger partial charge < -0.3 is 14.7 Å². The Labute approximate surface area is 356 Å². The van der Waals surface area contributed by atoms with E-state index in [-0.39, 0.29) is 41.8 Å². The SMILES string of the molecule is CN(C)c1ccc(N=Nc2ccc(N3C(=O)C4CC=C5C(CC6C(=O)N(c7ccc(F)c(Cl)c7)C(=O)C6(C)C5c5ccc(OCc6ccccc6)cc5O)C4C3=O)cc2)cc1. The molecule has 1 N–H and O–H groups in total. The highest BCUT2D eigenvalue weighted by molar-refractivity contribution is 6.32. The third kappa shape index (κ3) is 6.75. The molecule has 13 heteroatoms. The number of benzene rings is 5. The summed E-state index contributed by atoms with van der Waals surface area (Å²) in [5.41, 5.74) is 3.29. The number of phenols is 1. The minimum atomic E-state index is -1.44. The topological polar surface area (TPSA) is 132 Å². The van der Waals surface area contributed by atoms with Crippen molar-refractivity contribution in [3.63, 3.8) is 0 Å². The Hall–Kier alpha value is -6.66. The molecule has 9 rings (SSSR count). The van der Waals surface area contributed by atoms with Crippen molar-refractivity contribution in [3.8, 4) is 11.5 Å². The maximum Gasteiger partial charge on any atom is 0.241 e. The Kier molecular flexibility index (Phi) is 10.1. The summed E-state index contributed by atoms with van der Waals surface area (Å²) in [6, 6.07) is 32.4. The van der Waals surface area contributed by atoms with Crippen molar-refractivity contribution >= 4 is 63.7 Å². The molecule has 3 fully saturated rings. The summed E-state index contributed by atoms with van der Waals surface area (Å²) in [6.07, 6.45) is 2.22. The number of fused-ring (bicyclic) bond motifs is 4. The molecule has 5 aromatic carbocycles. The minimum Gasteiger partial charge on any atom is -0.508 e. The Morgan fingerprint density at radius 2 is 1.48 bits per heavy atom. The van der Waals surface area contributed by atoms with Crippen molar-refractivity contribution in [2.24, 2.45) is 39.3 Å². The lowest BCUT2D eigenvalue weighted by atomic mass is 9.51. The van der Waals surface area contributed by atoms with E-state index in [9.17, 15) is 28.7 Å². The van der Waals surface area contributed by atoms with Gasteiger partial charge in [-0.3, -0.25) is 24.1 Å². The lowest BCUT2D eigenvalue weighted by Gasteiger charge is -2.49. The zero-order chi connectivity index (χ0) is 42.7. The predicted octanol–water partition coefficient (Wildman–Crippen LogP) is 9.68. The number of azo groups is 1. The first-order valence-electron chi connectivity index (χ1n) is 20.0. The standard InChI is InChI=1S/C48H41ClFN5O6/c1-48-38(45(58)55(47(48)60)32-17-22-40(50)39(49)23-32)25-37-34(43(48)35-19-18-33(24-41(35)56)61-26-27-7-5-4-6-8-27)20-21-36-42(37)46(59)54(44(36)57)31-15-11-29(12-16-31)52-51-28-9-13-30(14-10-28)53(2)3/h4-20,22-24,36-38,42-43,56H,21,25-26H2,1-3H3. The molecule has 1 saturated carbocycles. The highest BCUT2D eigenvalue weighted by Crippen LogP contribution is 2.64. The van der Waals surface area contributed by atoms with E-state index in [0.29, 0.717) is 33.9 Å². The molecule has 61 heavy (non-hydrogen) atoms. The fourth-order valence-corrected chi connectivity index (χ4v) is 9.86. The van der Waals surface area contributed by atoms with Gasteiger partial charge in [0.05, 0.1) is 50.9 Å². The number of hydrogen-bond donors (Lipinski definition) is 1. The maximum absolute atomic E-state index is 14.8. The van der Waals surface area contributed by atoms with Crippen LogP contribution < -0.4 is 19.4 Å². The summed E-state index contributed by atoms with van der Waals surface area (Å²) >= 11 is 6.15. The Morgan fingerprint density at radius 1 is 0.803 bits per heavy atom. The number of nitrogens with zero attached hydrogens (tertiary/aromatic N) is 5. The number of anilines is 3. The summed E-state index contributed by atoms with van der Waals surface area (Å²) in [6.45, 7) is 1.97. The van der Waals surface area contributed by atoms with Gasteiger partial charge in [-0.1, -0.05) is 59.6 Å². The number of rotatable bonds is 9. The third-order valence-corrected chi connectivity index (χ3v) is 13.0. The van der Waals surface area contributed by atoms with Crippen LogP contribution in [0.3, 0.4) is 0 Å². The first kappa shape index (κ1) is 39.8. The van der Waals surface area contributed by atoms with E-state index in [0.717, 1.165) is 22.2 Å². The van der Waals surface area contributed by atoms with Gasteiger partial charge in [0.1, 0.15) is 23.9 Å². The van der Waals surface area contributed by atoms with Gasteiger partial charge in [-0.05, 0) is 104 Å². The van der Waals surface area contributed by atoms with E-state index < -0.39 is 58.5 Å². The van der Waals surface area contributed by atoms with Crippen LogP contribution in [0.15, 0.2) is 137 Å². The van der Waals surface area contributed by atoms with Crippen molar-refractivity contribution in [2.75, 3.05) is 28.8 Å². The first-order valence-corrected chi connectivity index (χ1v) is 20.4. The van der Waals surface area contributed by atoms with Crippen LogP contribution in [0, 0.1) is 34.9 Å². The van der Waals surface area contributed by atoms with Crippen LogP contribution in [-0.2, 0) is 25.8 Å². The quantitative estimate of drug-likeness (QED) is 0.0889. The van der Waals surface area contributed by atoms with E-state index >= 15 is 0 Å². The Morgan fingerprint density at radius 3 is 2.13 bits per heavy atom. The van der Waals surface area contributed by atoms with Gasteiger partial charge >= 0.3 is 0 Å². The van der Waals surface area contributed by atoms with Crippen molar-refractivity contribution in [3.05, 3.63) is 149 Å². The zero-order valence-corrected chi connectivity index (χ0v) is 34.3. The van der Waals surface area contributed by atoms with Crippen LogP contribution in [0.4, 0.5) is 32.8 Å². The summed E-state index contributed by atoms with van der Waals surface area (Å²) in [5.74, 6) is -6.32. The number of hydrogen-bond acceptors (Lipinski definition) is 9. The smallest absolute Gasteiger partial charge is 0.241 e.